The summed E-state index contributed by atoms with van der Waals surface area (Å²) in [5, 5.41) is 2.73. The van der Waals surface area contributed by atoms with Crippen molar-refractivity contribution in [3.05, 3.63) is 23.9 Å². The zero-order chi connectivity index (χ0) is 12.0. The second kappa shape index (κ2) is 6.50. The summed E-state index contributed by atoms with van der Waals surface area (Å²) in [7, 11) is 0. The number of nitrogens with one attached hydrogen (secondary N) is 1. The van der Waals surface area contributed by atoms with Crippen LogP contribution >= 0.6 is 11.8 Å². The molecule has 5 heteroatoms. The van der Waals surface area contributed by atoms with E-state index in [0.717, 1.165) is 11.3 Å². The fourth-order valence-corrected chi connectivity index (χ4v) is 1.69. The van der Waals surface area contributed by atoms with Crippen molar-refractivity contribution in [1.82, 2.24) is 4.98 Å². The number of aryl methyl sites for hydroxylation is 1. The lowest BCUT2D eigenvalue weighted by Crippen LogP contribution is -2.36. The average Bonchev–Trinajstić information content (AvgIpc) is 2.28. The van der Waals surface area contributed by atoms with Crippen molar-refractivity contribution in [3.63, 3.8) is 0 Å². The normalized spacial score (nSPS) is 12.2. The molecular formula is C11H17N3OS. The Kier molecular flexibility index (Phi) is 5.28. The maximum absolute atomic E-state index is 11.7. The minimum atomic E-state index is -0.464. The number of nitrogens with two attached hydrogens (primary N) is 1. The van der Waals surface area contributed by atoms with E-state index in [1.54, 1.807) is 18.0 Å². The van der Waals surface area contributed by atoms with Gasteiger partial charge in [0.05, 0.1) is 6.04 Å². The van der Waals surface area contributed by atoms with Crippen LogP contribution in [0.1, 0.15) is 12.0 Å². The van der Waals surface area contributed by atoms with Crippen molar-refractivity contribution in [2.75, 3.05) is 17.3 Å². The Morgan fingerprint density at radius 1 is 1.69 bits per heavy atom. The number of pyridine rings is 1. The minimum absolute atomic E-state index is 0.171. The molecule has 0 spiro atoms. The Morgan fingerprint density at radius 2 is 2.44 bits per heavy atom. The molecule has 16 heavy (non-hydrogen) atoms. The van der Waals surface area contributed by atoms with Crippen LogP contribution < -0.4 is 11.1 Å². The number of anilines is 1. The Bertz CT molecular complexity index is 357. The third kappa shape index (κ3) is 3.83. The van der Waals surface area contributed by atoms with Crippen LogP contribution in [-0.2, 0) is 4.79 Å². The molecule has 1 aromatic heterocycles. The molecule has 0 aromatic carbocycles. The van der Waals surface area contributed by atoms with E-state index in [4.69, 9.17) is 5.73 Å². The average molecular weight is 239 g/mol. The molecule has 0 aliphatic heterocycles. The summed E-state index contributed by atoms with van der Waals surface area (Å²) in [5.74, 6) is 1.30. The molecule has 4 nitrogen and oxygen atoms in total. The van der Waals surface area contributed by atoms with Crippen molar-refractivity contribution in [2.24, 2.45) is 5.73 Å². The molecule has 0 aliphatic carbocycles. The molecule has 1 rings (SSSR count). The van der Waals surface area contributed by atoms with Gasteiger partial charge in [0.1, 0.15) is 5.82 Å². The molecule has 1 heterocycles. The summed E-state index contributed by atoms with van der Waals surface area (Å²) < 4.78 is 0. The minimum Gasteiger partial charge on any atom is -0.320 e. The van der Waals surface area contributed by atoms with Crippen molar-refractivity contribution in [3.8, 4) is 0 Å². The number of rotatable bonds is 5. The van der Waals surface area contributed by atoms with E-state index in [1.165, 1.54) is 0 Å². The summed E-state index contributed by atoms with van der Waals surface area (Å²) in [6.45, 7) is 1.90. The van der Waals surface area contributed by atoms with Crippen molar-refractivity contribution < 1.29 is 4.79 Å². The first-order chi connectivity index (χ1) is 7.65. The first-order valence-corrected chi connectivity index (χ1v) is 6.51. The molecule has 0 fully saturated rings. The van der Waals surface area contributed by atoms with Crippen LogP contribution in [0.5, 0.6) is 0 Å². The summed E-state index contributed by atoms with van der Waals surface area (Å²) in [6, 6.07) is 3.27. The molecule has 1 atom stereocenters. The van der Waals surface area contributed by atoms with Crippen LogP contribution in [0.4, 0.5) is 5.82 Å². The number of nitrogens with zero attached hydrogens (tertiary/aromatic N) is 1. The second-order valence-electron chi connectivity index (χ2n) is 3.55. The van der Waals surface area contributed by atoms with E-state index in [2.05, 4.69) is 10.3 Å². The number of carbonyl (C=O) groups excluding carboxylic acids is 1. The van der Waals surface area contributed by atoms with Crippen molar-refractivity contribution >= 4 is 23.5 Å². The zero-order valence-corrected chi connectivity index (χ0v) is 10.4. The quantitative estimate of drug-likeness (QED) is 0.815. The maximum Gasteiger partial charge on any atom is 0.242 e. The predicted octanol–water partition coefficient (Wildman–Crippen LogP) is 1.41. The van der Waals surface area contributed by atoms with E-state index in [-0.39, 0.29) is 5.91 Å². The monoisotopic (exact) mass is 239 g/mol. The van der Waals surface area contributed by atoms with Gasteiger partial charge in [-0.15, -0.1) is 0 Å². The van der Waals surface area contributed by atoms with Crippen LogP contribution in [0.2, 0.25) is 0 Å². The number of hydrogen-bond donors (Lipinski definition) is 2. The lowest BCUT2D eigenvalue weighted by molar-refractivity contribution is -0.117. The summed E-state index contributed by atoms with van der Waals surface area (Å²) in [5.41, 5.74) is 6.69. The lowest BCUT2D eigenvalue weighted by Gasteiger charge is -2.12. The lowest BCUT2D eigenvalue weighted by atomic mass is 10.2. The van der Waals surface area contributed by atoms with E-state index in [1.807, 2.05) is 25.3 Å². The van der Waals surface area contributed by atoms with Gasteiger partial charge in [0.25, 0.3) is 0 Å². The second-order valence-corrected chi connectivity index (χ2v) is 4.53. The molecule has 1 aromatic rings. The Morgan fingerprint density at radius 3 is 3.06 bits per heavy atom. The van der Waals surface area contributed by atoms with E-state index >= 15 is 0 Å². The van der Waals surface area contributed by atoms with Gasteiger partial charge < -0.3 is 11.1 Å². The molecule has 0 unspecified atom stereocenters. The van der Waals surface area contributed by atoms with Gasteiger partial charge in [0.15, 0.2) is 0 Å². The van der Waals surface area contributed by atoms with Gasteiger partial charge in [-0.1, -0.05) is 6.07 Å². The fraction of sp³-hybridized carbons (Fsp3) is 0.455. The molecule has 0 saturated heterocycles. The number of carbonyl (C=O) groups is 1. The third-order valence-corrected chi connectivity index (χ3v) is 2.86. The van der Waals surface area contributed by atoms with Crippen LogP contribution in [0.15, 0.2) is 18.3 Å². The highest BCUT2D eigenvalue weighted by Crippen LogP contribution is 2.10. The molecule has 0 bridgehead atoms. The largest absolute Gasteiger partial charge is 0.320 e. The molecule has 0 aliphatic rings. The Hall–Kier alpha value is -1.07. The van der Waals surface area contributed by atoms with Gasteiger partial charge in [-0.25, -0.2) is 4.98 Å². The molecular weight excluding hydrogens is 222 g/mol. The van der Waals surface area contributed by atoms with Crippen LogP contribution in [0.3, 0.4) is 0 Å². The number of amides is 1. The van der Waals surface area contributed by atoms with E-state index in [0.29, 0.717) is 12.2 Å². The fourth-order valence-electron chi connectivity index (χ4n) is 1.20. The number of hydrogen-bond acceptors (Lipinski definition) is 4. The first kappa shape index (κ1) is 13.0. The SMILES string of the molecule is CSCC[C@H](N)C(=O)Nc1ncccc1C. The highest BCUT2D eigenvalue weighted by Gasteiger charge is 2.14. The van der Waals surface area contributed by atoms with Crippen LogP contribution in [0.25, 0.3) is 0 Å². The molecule has 1 amide bonds. The summed E-state index contributed by atoms with van der Waals surface area (Å²) in [6.07, 6.45) is 4.32. The van der Waals surface area contributed by atoms with Gasteiger partial charge in [0.2, 0.25) is 5.91 Å². The van der Waals surface area contributed by atoms with Gasteiger partial charge in [-0.2, -0.15) is 11.8 Å². The highest BCUT2D eigenvalue weighted by atomic mass is 32.2. The number of aromatic nitrogens is 1. The smallest absolute Gasteiger partial charge is 0.242 e. The van der Waals surface area contributed by atoms with Gasteiger partial charge >= 0.3 is 0 Å². The maximum atomic E-state index is 11.7. The van der Waals surface area contributed by atoms with Gasteiger partial charge in [-0.3, -0.25) is 4.79 Å². The highest BCUT2D eigenvalue weighted by molar-refractivity contribution is 7.98. The topological polar surface area (TPSA) is 68.0 Å². The third-order valence-electron chi connectivity index (χ3n) is 2.22. The molecule has 88 valence electrons. The predicted molar refractivity (Wildman–Crippen MR) is 68.6 cm³/mol. The number of thioether (sulfide) groups is 1. The van der Waals surface area contributed by atoms with E-state index < -0.39 is 6.04 Å². The molecule has 3 N–H and O–H groups in total. The first-order valence-electron chi connectivity index (χ1n) is 5.12. The van der Waals surface area contributed by atoms with Gasteiger partial charge in [-0.05, 0) is 37.0 Å². The van der Waals surface area contributed by atoms with Gasteiger partial charge in [0, 0.05) is 6.20 Å². The molecule has 0 saturated carbocycles. The van der Waals surface area contributed by atoms with Crippen LogP contribution in [-0.4, -0.2) is 28.9 Å². The summed E-state index contributed by atoms with van der Waals surface area (Å²) in [4.78, 5) is 15.8. The van der Waals surface area contributed by atoms with Crippen molar-refractivity contribution in [1.29, 1.82) is 0 Å². The Labute approximate surface area is 100 Å². The zero-order valence-electron chi connectivity index (χ0n) is 9.56. The van der Waals surface area contributed by atoms with Crippen molar-refractivity contribution in [2.45, 2.75) is 19.4 Å². The molecule has 0 radical (unpaired) electrons. The van der Waals surface area contributed by atoms with Crippen LogP contribution in [0, 0.1) is 6.92 Å². The van der Waals surface area contributed by atoms with E-state index in [9.17, 15) is 4.79 Å². The summed E-state index contributed by atoms with van der Waals surface area (Å²) >= 11 is 1.68. The Balaban J connectivity index is 2.54. The standard InChI is InChI=1S/C11H17N3OS/c1-8-4-3-6-13-10(8)14-11(15)9(12)5-7-16-2/h3-4,6,9H,5,7,12H2,1-2H3,(H,13,14,15)/t9-/m0/s1.